The van der Waals surface area contributed by atoms with Crippen LogP contribution in [0.25, 0.3) is 0 Å². The lowest BCUT2D eigenvalue weighted by molar-refractivity contribution is -0.266. The van der Waals surface area contributed by atoms with E-state index in [1.165, 1.54) is 12.1 Å². The van der Waals surface area contributed by atoms with E-state index in [4.69, 9.17) is 0 Å². The zero-order valence-electron chi connectivity index (χ0n) is 6.61. The van der Waals surface area contributed by atoms with Gasteiger partial charge in [-0.25, -0.2) is 0 Å². The summed E-state index contributed by atoms with van der Waals surface area (Å²) in [5, 5.41) is 0. The van der Waals surface area contributed by atoms with Crippen molar-refractivity contribution in [2.24, 2.45) is 0 Å². The van der Waals surface area contributed by atoms with E-state index in [0.29, 0.717) is 0 Å². The number of ether oxygens (including phenoxy) is 1. The van der Waals surface area contributed by atoms with Crippen molar-refractivity contribution in [1.29, 1.82) is 0 Å². The van der Waals surface area contributed by atoms with E-state index in [1.807, 2.05) is 0 Å². The Kier molecular flexibility index (Phi) is 3.04. The Labute approximate surface area is 85.8 Å². The van der Waals surface area contributed by atoms with Gasteiger partial charge in [0.05, 0.1) is 0 Å². The Morgan fingerprint density at radius 3 is 2.07 bits per heavy atom. The minimum atomic E-state index is -4.59. The van der Waals surface area contributed by atoms with Crippen molar-refractivity contribution in [1.82, 2.24) is 0 Å². The fraction of sp³-hybridized carbons (Fsp3) is 0.250. The van der Waals surface area contributed by atoms with Gasteiger partial charge in [-0.3, -0.25) is 0 Å². The number of rotatable bonds is 3. The molecule has 0 amide bonds. The van der Waals surface area contributed by atoms with E-state index in [9.17, 15) is 17.6 Å². The molecule has 0 N–H and O–H groups in total. The Balaban J connectivity index is 2.79. The molecule has 1 rings (SSSR count). The first-order valence-electron chi connectivity index (χ1n) is 3.42. The minimum Gasteiger partial charge on any atom is -0.427 e. The first-order valence-corrected chi connectivity index (χ1v) is 4.22. The van der Waals surface area contributed by atoms with Gasteiger partial charge in [-0.1, -0.05) is 12.1 Å². The molecular formula is C8H4BrF4O. The molecule has 0 fully saturated rings. The highest BCUT2D eigenvalue weighted by atomic mass is 79.9. The van der Waals surface area contributed by atoms with Gasteiger partial charge in [0.25, 0.3) is 0 Å². The van der Waals surface area contributed by atoms with E-state index in [-0.39, 0.29) is 5.75 Å². The SMILES string of the molecule is FC(F)(Br)C(F)(F)Oc1cc[c]cc1. The monoisotopic (exact) mass is 271 g/mol. The highest BCUT2D eigenvalue weighted by Crippen LogP contribution is 2.40. The number of halogens is 5. The fourth-order valence-electron chi connectivity index (χ4n) is 0.646. The second-order valence-electron chi connectivity index (χ2n) is 2.35. The molecule has 6 heteroatoms. The number of hydrogen-bond donors (Lipinski definition) is 0. The van der Waals surface area contributed by atoms with Crippen LogP contribution in [0.1, 0.15) is 0 Å². The maximum Gasteiger partial charge on any atom is 0.475 e. The lowest BCUT2D eigenvalue weighted by Gasteiger charge is -2.21. The van der Waals surface area contributed by atoms with Crippen LogP contribution in [0, 0.1) is 6.07 Å². The summed E-state index contributed by atoms with van der Waals surface area (Å²) in [4.78, 5) is -4.40. The molecule has 77 valence electrons. The molecule has 0 saturated carbocycles. The van der Waals surface area contributed by atoms with Crippen LogP contribution in [0.4, 0.5) is 17.6 Å². The summed E-state index contributed by atoms with van der Waals surface area (Å²) >= 11 is 1.54. The lowest BCUT2D eigenvalue weighted by Crippen LogP contribution is -2.40. The van der Waals surface area contributed by atoms with E-state index in [1.54, 1.807) is 15.9 Å². The van der Waals surface area contributed by atoms with Gasteiger partial charge >= 0.3 is 10.9 Å². The molecule has 1 aromatic rings. The van der Waals surface area contributed by atoms with E-state index in [2.05, 4.69) is 10.8 Å². The van der Waals surface area contributed by atoms with Crippen LogP contribution >= 0.6 is 15.9 Å². The van der Waals surface area contributed by atoms with Crippen molar-refractivity contribution in [3.8, 4) is 5.75 Å². The Morgan fingerprint density at radius 1 is 1.14 bits per heavy atom. The predicted octanol–water partition coefficient (Wildman–Crippen LogP) is 3.45. The lowest BCUT2D eigenvalue weighted by atomic mass is 10.3. The summed E-state index contributed by atoms with van der Waals surface area (Å²) in [7, 11) is 0. The van der Waals surface area contributed by atoms with Gasteiger partial charge in [0.2, 0.25) is 0 Å². The molecule has 1 aromatic carbocycles. The largest absolute Gasteiger partial charge is 0.475 e. The van der Waals surface area contributed by atoms with Crippen LogP contribution in [0.5, 0.6) is 5.75 Å². The standard InChI is InChI=1S/C8H4BrF4O/c9-7(10,11)8(12,13)14-6-4-2-1-3-5-6/h2-5H. The van der Waals surface area contributed by atoms with Crippen LogP contribution in [-0.2, 0) is 0 Å². The highest BCUT2D eigenvalue weighted by molar-refractivity contribution is 9.10. The molecule has 1 nitrogen and oxygen atoms in total. The zero-order chi connectivity index (χ0) is 10.8. The summed E-state index contributed by atoms with van der Waals surface area (Å²) in [6.07, 6.45) is -4.59. The molecule has 0 saturated heterocycles. The Bertz CT molecular complexity index is 296. The molecule has 0 spiro atoms. The van der Waals surface area contributed by atoms with Crippen LogP contribution in [0.3, 0.4) is 0 Å². The van der Waals surface area contributed by atoms with Crippen molar-refractivity contribution >= 4 is 15.9 Å². The van der Waals surface area contributed by atoms with E-state index >= 15 is 0 Å². The zero-order valence-corrected chi connectivity index (χ0v) is 8.19. The van der Waals surface area contributed by atoms with Crippen molar-refractivity contribution in [3.05, 3.63) is 30.3 Å². The Morgan fingerprint density at radius 2 is 1.64 bits per heavy atom. The summed E-state index contributed by atoms with van der Waals surface area (Å²) < 4.78 is 53.4. The first-order chi connectivity index (χ1) is 6.33. The normalized spacial score (nSPS) is 12.6. The summed E-state index contributed by atoms with van der Waals surface area (Å²) in [6.45, 7) is 0. The number of alkyl halides is 5. The quantitative estimate of drug-likeness (QED) is 0.605. The van der Waals surface area contributed by atoms with Gasteiger partial charge in [0, 0.05) is 15.9 Å². The predicted molar refractivity (Wildman–Crippen MR) is 44.7 cm³/mol. The van der Waals surface area contributed by atoms with Crippen molar-refractivity contribution in [3.63, 3.8) is 0 Å². The third-order valence-corrected chi connectivity index (χ3v) is 1.73. The molecule has 1 radical (unpaired) electrons. The molecule has 0 unspecified atom stereocenters. The van der Waals surface area contributed by atoms with Gasteiger partial charge in [0.1, 0.15) is 5.75 Å². The van der Waals surface area contributed by atoms with E-state index in [0.717, 1.165) is 12.1 Å². The minimum absolute atomic E-state index is 0.354. The average molecular weight is 272 g/mol. The van der Waals surface area contributed by atoms with Crippen LogP contribution in [0.15, 0.2) is 24.3 Å². The summed E-state index contributed by atoms with van der Waals surface area (Å²) in [6, 6.07) is 7.29. The molecule has 0 bridgehead atoms. The second kappa shape index (κ2) is 3.76. The van der Waals surface area contributed by atoms with E-state index < -0.39 is 10.9 Å². The maximum absolute atomic E-state index is 12.6. The van der Waals surface area contributed by atoms with Crippen molar-refractivity contribution < 1.29 is 22.3 Å². The van der Waals surface area contributed by atoms with Gasteiger partial charge in [-0.05, 0) is 18.2 Å². The van der Waals surface area contributed by atoms with Crippen LogP contribution < -0.4 is 4.74 Å². The van der Waals surface area contributed by atoms with Crippen LogP contribution in [0.2, 0.25) is 0 Å². The highest BCUT2D eigenvalue weighted by Gasteiger charge is 2.57. The molecule has 14 heavy (non-hydrogen) atoms. The van der Waals surface area contributed by atoms with Gasteiger partial charge < -0.3 is 4.74 Å². The van der Waals surface area contributed by atoms with Gasteiger partial charge in [-0.2, -0.15) is 17.6 Å². The Hall–Kier alpha value is -0.780. The number of hydrogen-bond acceptors (Lipinski definition) is 1. The third kappa shape index (κ3) is 2.60. The smallest absolute Gasteiger partial charge is 0.427 e. The molecule has 0 heterocycles. The van der Waals surface area contributed by atoms with Gasteiger partial charge in [-0.15, -0.1) is 0 Å². The number of benzene rings is 1. The molecule has 0 aliphatic carbocycles. The van der Waals surface area contributed by atoms with Gasteiger partial charge in [0.15, 0.2) is 0 Å². The van der Waals surface area contributed by atoms with Crippen molar-refractivity contribution in [2.75, 3.05) is 0 Å². The average Bonchev–Trinajstić information content (AvgIpc) is 2.03. The molecule has 0 aliphatic heterocycles. The van der Waals surface area contributed by atoms with Crippen molar-refractivity contribution in [2.45, 2.75) is 10.9 Å². The molecular weight excluding hydrogens is 268 g/mol. The summed E-state index contributed by atoms with van der Waals surface area (Å²) in [5.74, 6) is -0.354. The first kappa shape index (κ1) is 11.3. The maximum atomic E-state index is 12.6. The molecule has 0 aromatic heterocycles. The molecule has 0 aliphatic rings. The third-order valence-electron chi connectivity index (χ3n) is 1.26. The van der Waals surface area contributed by atoms with Crippen LogP contribution in [-0.4, -0.2) is 10.9 Å². The topological polar surface area (TPSA) is 9.23 Å². The summed E-state index contributed by atoms with van der Waals surface area (Å²) in [5.41, 5.74) is 0. The second-order valence-corrected chi connectivity index (χ2v) is 3.35. The molecule has 0 atom stereocenters. The fourth-order valence-corrected chi connectivity index (χ4v) is 0.726.